The fraction of sp³-hybridized carbons (Fsp3) is 0.250. The Kier molecular flexibility index (Phi) is 3.58. The van der Waals surface area contributed by atoms with Crippen molar-refractivity contribution in [2.45, 2.75) is 26.4 Å². The summed E-state index contributed by atoms with van der Waals surface area (Å²) in [5.74, 6) is 0.864. The molecule has 3 heterocycles. The molecule has 5 nitrogen and oxygen atoms in total. The summed E-state index contributed by atoms with van der Waals surface area (Å²) in [6.45, 7) is 4.48. The van der Waals surface area contributed by atoms with E-state index < -0.39 is 0 Å². The molecule has 0 amide bonds. The van der Waals surface area contributed by atoms with E-state index in [0.717, 1.165) is 17.0 Å². The molecule has 21 heavy (non-hydrogen) atoms. The Hall–Kier alpha value is -2.40. The van der Waals surface area contributed by atoms with Gasteiger partial charge in [-0.3, -0.25) is 9.20 Å². The lowest BCUT2D eigenvalue weighted by Crippen LogP contribution is -2.22. The first-order valence-electron chi connectivity index (χ1n) is 6.89. The number of hydrogen-bond donors (Lipinski definition) is 1. The first-order chi connectivity index (χ1) is 10.1. The third kappa shape index (κ3) is 2.87. The molecule has 0 saturated heterocycles. The summed E-state index contributed by atoms with van der Waals surface area (Å²) < 4.78 is 6.91. The lowest BCUT2D eigenvalue weighted by Gasteiger charge is -2.11. The molecule has 0 fully saturated rings. The van der Waals surface area contributed by atoms with Crippen LogP contribution in [0.5, 0.6) is 0 Å². The monoisotopic (exact) mass is 283 g/mol. The molecule has 0 unspecified atom stereocenters. The summed E-state index contributed by atoms with van der Waals surface area (Å²) in [4.78, 5) is 16.6. The molecule has 0 aliphatic heterocycles. The first kappa shape index (κ1) is 13.6. The Morgan fingerprint density at radius 3 is 3.00 bits per heavy atom. The molecule has 1 N–H and O–H groups in total. The minimum atomic E-state index is -0.0637. The Bertz CT molecular complexity index is 806. The Morgan fingerprint density at radius 1 is 1.38 bits per heavy atom. The van der Waals surface area contributed by atoms with E-state index in [1.54, 1.807) is 22.9 Å². The van der Waals surface area contributed by atoms with Gasteiger partial charge in [-0.2, -0.15) is 0 Å². The van der Waals surface area contributed by atoms with E-state index in [1.807, 2.05) is 38.1 Å². The second-order valence-electron chi connectivity index (χ2n) is 5.14. The molecular formula is C16H17N3O2. The third-order valence-corrected chi connectivity index (χ3v) is 3.42. The number of furan rings is 1. The van der Waals surface area contributed by atoms with Crippen molar-refractivity contribution in [3.8, 4) is 0 Å². The average Bonchev–Trinajstić information content (AvgIpc) is 3.00. The summed E-state index contributed by atoms with van der Waals surface area (Å²) >= 11 is 0. The Labute approximate surface area is 122 Å². The summed E-state index contributed by atoms with van der Waals surface area (Å²) in [7, 11) is 0. The van der Waals surface area contributed by atoms with Crippen LogP contribution in [0.15, 0.2) is 52.0 Å². The van der Waals surface area contributed by atoms with E-state index in [0.29, 0.717) is 12.2 Å². The van der Waals surface area contributed by atoms with Crippen LogP contribution < -0.4 is 10.9 Å². The van der Waals surface area contributed by atoms with Crippen LogP contribution in [0.25, 0.3) is 5.65 Å². The van der Waals surface area contributed by atoms with Gasteiger partial charge in [-0.05, 0) is 37.6 Å². The predicted octanol–water partition coefficient (Wildman–Crippen LogP) is 2.45. The number of aryl methyl sites for hydroxylation is 1. The second kappa shape index (κ2) is 5.54. The lowest BCUT2D eigenvalue weighted by molar-refractivity contribution is 0.428. The van der Waals surface area contributed by atoms with Crippen LogP contribution >= 0.6 is 0 Å². The maximum absolute atomic E-state index is 12.1. The van der Waals surface area contributed by atoms with Gasteiger partial charge in [0, 0.05) is 18.8 Å². The lowest BCUT2D eigenvalue weighted by atomic mass is 10.2. The predicted molar refractivity (Wildman–Crippen MR) is 80.2 cm³/mol. The molecule has 0 aliphatic rings. The van der Waals surface area contributed by atoms with E-state index in [4.69, 9.17) is 4.42 Å². The van der Waals surface area contributed by atoms with E-state index in [2.05, 4.69) is 10.3 Å². The fourth-order valence-electron chi connectivity index (χ4n) is 2.24. The van der Waals surface area contributed by atoms with Crippen LogP contribution in [-0.4, -0.2) is 9.38 Å². The smallest absolute Gasteiger partial charge is 0.258 e. The third-order valence-electron chi connectivity index (χ3n) is 3.42. The van der Waals surface area contributed by atoms with E-state index >= 15 is 0 Å². The molecule has 3 aromatic heterocycles. The van der Waals surface area contributed by atoms with Crippen molar-refractivity contribution < 1.29 is 4.42 Å². The van der Waals surface area contributed by atoms with Crippen molar-refractivity contribution in [2.24, 2.45) is 0 Å². The molecule has 0 bridgehead atoms. The topological polar surface area (TPSA) is 59.5 Å². The van der Waals surface area contributed by atoms with Crippen molar-refractivity contribution in [3.63, 3.8) is 0 Å². The molecule has 0 aromatic carbocycles. The Morgan fingerprint density at radius 2 is 2.24 bits per heavy atom. The van der Waals surface area contributed by atoms with Gasteiger partial charge in [-0.15, -0.1) is 0 Å². The highest BCUT2D eigenvalue weighted by molar-refractivity contribution is 5.39. The molecule has 3 rings (SSSR count). The van der Waals surface area contributed by atoms with Gasteiger partial charge in [-0.1, -0.05) is 6.07 Å². The molecule has 0 aliphatic carbocycles. The van der Waals surface area contributed by atoms with Gasteiger partial charge in [0.1, 0.15) is 11.4 Å². The molecule has 0 saturated carbocycles. The zero-order chi connectivity index (χ0) is 14.8. The largest absolute Gasteiger partial charge is 0.468 e. The molecule has 3 aromatic rings. The standard InChI is InChI=1S/C16H17N3O2/c1-11-5-6-15-18-13(8-16(20)19(15)10-11)9-17-12(2)14-4-3-7-21-14/h3-8,10,12,17H,9H2,1-2H3/t12-/m0/s1. The quantitative estimate of drug-likeness (QED) is 0.799. The van der Waals surface area contributed by atoms with Crippen LogP contribution in [0.4, 0.5) is 0 Å². The number of pyridine rings is 1. The van der Waals surface area contributed by atoms with Gasteiger partial charge < -0.3 is 9.73 Å². The van der Waals surface area contributed by atoms with E-state index in [-0.39, 0.29) is 11.6 Å². The van der Waals surface area contributed by atoms with Crippen LogP contribution in [0.1, 0.15) is 30.0 Å². The van der Waals surface area contributed by atoms with Crippen LogP contribution in [-0.2, 0) is 6.54 Å². The maximum atomic E-state index is 12.1. The minimum absolute atomic E-state index is 0.0637. The van der Waals surface area contributed by atoms with Crippen LogP contribution in [0.2, 0.25) is 0 Å². The summed E-state index contributed by atoms with van der Waals surface area (Å²) in [6, 6.07) is 9.22. The maximum Gasteiger partial charge on any atom is 0.258 e. The summed E-state index contributed by atoms with van der Waals surface area (Å²) in [6.07, 6.45) is 3.45. The molecule has 108 valence electrons. The zero-order valence-corrected chi connectivity index (χ0v) is 12.0. The van der Waals surface area contributed by atoms with Crippen LogP contribution in [0.3, 0.4) is 0 Å². The highest BCUT2D eigenvalue weighted by atomic mass is 16.3. The fourth-order valence-corrected chi connectivity index (χ4v) is 2.24. The van der Waals surface area contributed by atoms with Gasteiger partial charge in [0.25, 0.3) is 5.56 Å². The van der Waals surface area contributed by atoms with E-state index in [1.165, 1.54) is 0 Å². The normalized spacial score (nSPS) is 12.7. The van der Waals surface area contributed by atoms with Gasteiger partial charge >= 0.3 is 0 Å². The average molecular weight is 283 g/mol. The van der Waals surface area contributed by atoms with Crippen LogP contribution in [0, 0.1) is 6.92 Å². The number of nitrogens with one attached hydrogen (secondary N) is 1. The van der Waals surface area contributed by atoms with Gasteiger partial charge in [-0.25, -0.2) is 4.98 Å². The first-order valence-corrected chi connectivity index (χ1v) is 6.89. The van der Waals surface area contributed by atoms with Crippen molar-refractivity contribution >= 4 is 5.65 Å². The minimum Gasteiger partial charge on any atom is -0.468 e. The summed E-state index contributed by atoms with van der Waals surface area (Å²) in [5.41, 5.74) is 2.35. The molecule has 1 atom stereocenters. The van der Waals surface area contributed by atoms with Gasteiger partial charge in [0.05, 0.1) is 18.0 Å². The van der Waals surface area contributed by atoms with E-state index in [9.17, 15) is 4.79 Å². The number of hydrogen-bond acceptors (Lipinski definition) is 4. The van der Waals surface area contributed by atoms with Crippen molar-refractivity contribution in [2.75, 3.05) is 0 Å². The SMILES string of the molecule is Cc1ccc2nc(CN[C@@H](C)c3ccco3)cc(=O)n2c1. The summed E-state index contributed by atoms with van der Waals surface area (Å²) in [5, 5.41) is 3.30. The number of fused-ring (bicyclic) bond motifs is 1. The molecule has 5 heteroatoms. The van der Waals surface area contributed by atoms with Crippen molar-refractivity contribution in [1.29, 1.82) is 0 Å². The van der Waals surface area contributed by atoms with Crippen molar-refractivity contribution in [1.82, 2.24) is 14.7 Å². The zero-order valence-electron chi connectivity index (χ0n) is 12.0. The van der Waals surface area contributed by atoms with Crippen molar-refractivity contribution in [3.05, 3.63) is 70.2 Å². The molecule has 0 radical (unpaired) electrons. The highest BCUT2D eigenvalue weighted by Gasteiger charge is 2.09. The highest BCUT2D eigenvalue weighted by Crippen LogP contribution is 2.12. The second-order valence-corrected chi connectivity index (χ2v) is 5.14. The number of nitrogens with zero attached hydrogens (tertiary/aromatic N) is 2. The van der Waals surface area contributed by atoms with Gasteiger partial charge in [0.15, 0.2) is 0 Å². The number of aromatic nitrogens is 2. The number of rotatable bonds is 4. The van der Waals surface area contributed by atoms with Gasteiger partial charge in [0.2, 0.25) is 0 Å². The molecular weight excluding hydrogens is 266 g/mol. The molecule has 0 spiro atoms. The Balaban J connectivity index is 1.82.